The molecule has 1 N–H and O–H groups in total. The molecule has 0 radical (unpaired) electrons. The van der Waals surface area contributed by atoms with Gasteiger partial charge in [-0.05, 0) is 30.4 Å². The van der Waals surface area contributed by atoms with Crippen LogP contribution in [-0.2, 0) is 15.4 Å². The lowest BCUT2D eigenvalue weighted by atomic mass is 9.94. The van der Waals surface area contributed by atoms with Crippen LogP contribution in [0.15, 0.2) is 11.4 Å². The number of rotatable bonds is 1. The van der Waals surface area contributed by atoms with Gasteiger partial charge in [-0.15, -0.1) is 11.3 Å². The molecular weight excluding hydrogens is 220 g/mol. The zero-order valence-electron chi connectivity index (χ0n) is 7.86. The largest absolute Gasteiger partial charge is 0.384 e. The Kier molecular flexibility index (Phi) is 2.21. The van der Waals surface area contributed by atoms with E-state index in [0.29, 0.717) is 6.42 Å². The summed E-state index contributed by atoms with van der Waals surface area (Å²) in [5, 5.41) is 12.1. The highest BCUT2D eigenvalue weighted by atomic mass is 32.2. The Balaban J connectivity index is 2.41. The number of aryl methyl sites for hydroxylation is 1. The molecule has 1 unspecified atom stereocenters. The average molecular weight is 232 g/mol. The molecule has 0 bridgehead atoms. The normalized spacial score (nSPS) is 30.7. The van der Waals surface area contributed by atoms with E-state index in [-0.39, 0.29) is 11.5 Å². The molecule has 0 saturated carbocycles. The Labute approximate surface area is 87.3 Å². The summed E-state index contributed by atoms with van der Waals surface area (Å²) in [5.41, 5.74) is -0.355. The third-order valence-electron chi connectivity index (χ3n) is 2.65. The lowest BCUT2D eigenvalue weighted by Gasteiger charge is -2.20. The van der Waals surface area contributed by atoms with Crippen molar-refractivity contribution < 1.29 is 13.5 Å². The Hall–Kier alpha value is -0.390. The van der Waals surface area contributed by atoms with Crippen molar-refractivity contribution in [2.45, 2.75) is 18.9 Å². The van der Waals surface area contributed by atoms with E-state index >= 15 is 0 Å². The highest BCUT2D eigenvalue weighted by Gasteiger charge is 2.42. The fourth-order valence-electron chi connectivity index (χ4n) is 1.91. The number of thiophene rings is 1. The lowest BCUT2D eigenvalue weighted by molar-refractivity contribution is 0.0652. The summed E-state index contributed by atoms with van der Waals surface area (Å²) in [7, 11) is -3.04. The summed E-state index contributed by atoms with van der Waals surface area (Å²) in [5.74, 6) is -0.0314. The highest BCUT2D eigenvalue weighted by Crippen LogP contribution is 2.36. The lowest BCUT2D eigenvalue weighted by Crippen LogP contribution is -2.27. The standard InChI is InChI=1S/C9H12O3S2/c1-7-8(2-4-13-7)9(10)3-5-14(11,12)6-9/h2,4,10H,3,5-6H2,1H3. The first-order valence-electron chi connectivity index (χ1n) is 4.40. The van der Waals surface area contributed by atoms with Crippen molar-refractivity contribution in [2.24, 2.45) is 0 Å². The first-order chi connectivity index (χ1) is 6.43. The molecule has 0 spiro atoms. The van der Waals surface area contributed by atoms with E-state index in [9.17, 15) is 13.5 Å². The maximum Gasteiger partial charge on any atom is 0.153 e. The summed E-state index contributed by atoms with van der Waals surface area (Å²) in [6.45, 7) is 1.91. The summed E-state index contributed by atoms with van der Waals surface area (Å²) < 4.78 is 22.6. The zero-order chi connectivity index (χ0) is 10.4. The third-order valence-corrected chi connectivity index (χ3v) is 5.23. The van der Waals surface area contributed by atoms with E-state index in [1.165, 1.54) is 11.3 Å². The van der Waals surface area contributed by atoms with Gasteiger partial charge in [0.1, 0.15) is 5.60 Å². The van der Waals surface area contributed by atoms with Crippen LogP contribution in [0, 0.1) is 6.92 Å². The van der Waals surface area contributed by atoms with Gasteiger partial charge < -0.3 is 5.11 Å². The average Bonchev–Trinajstić information content (AvgIpc) is 2.57. The van der Waals surface area contributed by atoms with Gasteiger partial charge in [-0.1, -0.05) is 0 Å². The van der Waals surface area contributed by atoms with Crippen LogP contribution < -0.4 is 0 Å². The van der Waals surface area contributed by atoms with Gasteiger partial charge in [-0.3, -0.25) is 0 Å². The molecule has 1 aromatic heterocycles. The van der Waals surface area contributed by atoms with Crippen LogP contribution in [0.2, 0.25) is 0 Å². The summed E-state index contributed by atoms with van der Waals surface area (Å²) >= 11 is 1.54. The predicted molar refractivity (Wildman–Crippen MR) is 56.2 cm³/mol. The van der Waals surface area contributed by atoms with Crippen LogP contribution in [-0.4, -0.2) is 25.0 Å². The Bertz CT molecular complexity index is 446. The van der Waals surface area contributed by atoms with Gasteiger partial charge in [0.05, 0.1) is 11.5 Å². The van der Waals surface area contributed by atoms with Crippen molar-refractivity contribution in [1.29, 1.82) is 0 Å². The molecule has 1 saturated heterocycles. The van der Waals surface area contributed by atoms with Gasteiger partial charge in [-0.2, -0.15) is 0 Å². The van der Waals surface area contributed by atoms with Crippen molar-refractivity contribution in [3.05, 3.63) is 21.9 Å². The first kappa shape index (κ1) is 10.1. The van der Waals surface area contributed by atoms with Gasteiger partial charge in [0, 0.05) is 4.88 Å². The van der Waals surface area contributed by atoms with Crippen LogP contribution >= 0.6 is 11.3 Å². The minimum absolute atomic E-state index is 0.0960. The van der Waals surface area contributed by atoms with Crippen molar-refractivity contribution in [3.63, 3.8) is 0 Å². The molecule has 0 aromatic carbocycles. The summed E-state index contributed by atoms with van der Waals surface area (Å²) in [6.07, 6.45) is 0.326. The molecule has 0 aliphatic carbocycles. The molecule has 1 atom stereocenters. The molecule has 2 rings (SSSR count). The van der Waals surface area contributed by atoms with Gasteiger partial charge >= 0.3 is 0 Å². The van der Waals surface area contributed by atoms with E-state index in [1.807, 2.05) is 18.4 Å². The molecule has 1 fully saturated rings. The molecular formula is C9H12O3S2. The summed E-state index contributed by atoms with van der Waals surface area (Å²) in [4.78, 5) is 1.00. The highest BCUT2D eigenvalue weighted by molar-refractivity contribution is 7.91. The van der Waals surface area contributed by atoms with Crippen LogP contribution in [0.25, 0.3) is 0 Å². The molecule has 14 heavy (non-hydrogen) atoms. The van der Waals surface area contributed by atoms with Crippen LogP contribution in [0.5, 0.6) is 0 Å². The molecule has 1 aromatic rings. The minimum atomic E-state index is -3.04. The predicted octanol–water partition coefficient (Wildman–Crippen LogP) is 1.06. The topological polar surface area (TPSA) is 54.4 Å². The Morgan fingerprint density at radius 1 is 1.57 bits per heavy atom. The fraction of sp³-hybridized carbons (Fsp3) is 0.556. The van der Waals surface area contributed by atoms with Crippen molar-refractivity contribution in [2.75, 3.05) is 11.5 Å². The monoisotopic (exact) mass is 232 g/mol. The van der Waals surface area contributed by atoms with Crippen molar-refractivity contribution in [3.8, 4) is 0 Å². The van der Waals surface area contributed by atoms with Crippen LogP contribution in [0.4, 0.5) is 0 Å². The Morgan fingerprint density at radius 3 is 2.71 bits per heavy atom. The Morgan fingerprint density at radius 2 is 2.29 bits per heavy atom. The third kappa shape index (κ3) is 1.60. The van der Waals surface area contributed by atoms with Gasteiger partial charge in [0.25, 0.3) is 0 Å². The van der Waals surface area contributed by atoms with Gasteiger partial charge in [-0.25, -0.2) is 8.42 Å². The molecule has 0 amide bonds. The van der Waals surface area contributed by atoms with Crippen molar-refractivity contribution >= 4 is 21.2 Å². The summed E-state index contributed by atoms with van der Waals surface area (Å²) in [6, 6.07) is 1.82. The smallest absolute Gasteiger partial charge is 0.153 e. The maximum absolute atomic E-state index is 11.3. The minimum Gasteiger partial charge on any atom is -0.384 e. The SMILES string of the molecule is Cc1sccc1C1(O)CCS(=O)(=O)C1. The second kappa shape index (κ2) is 3.05. The molecule has 1 aliphatic heterocycles. The second-order valence-electron chi connectivity index (χ2n) is 3.76. The number of aliphatic hydroxyl groups is 1. The van der Waals surface area contributed by atoms with E-state index in [0.717, 1.165) is 10.4 Å². The molecule has 1 aliphatic rings. The van der Waals surface area contributed by atoms with E-state index < -0.39 is 15.4 Å². The quantitative estimate of drug-likeness (QED) is 0.788. The first-order valence-corrected chi connectivity index (χ1v) is 7.10. The molecule has 5 heteroatoms. The van der Waals surface area contributed by atoms with Gasteiger partial charge in [0.2, 0.25) is 0 Å². The molecule has 2 heterocycles. The molecule has 78 valence electrons. The van der Waals surface area contributed by atoms with E-state index in [2.05, 4.69) is 0 Å². The molecule has 3 nitrogen and oxygen atoms in total. The number of sulfone groups is 1. The van der Waals surface area contributed by atoms with E-state index in [4.69, 9.17) is 0 Å². The van der Waals surface area contributed by atoms with Crippen LogP contribution in [0.3, 0.4) is 0 Å². The zero-order valence-corrected chi connectivity index (χ0v) is 9.49. The number of hydrogen-bond acceptors (Lipinski definition) is 4. The number of hydrogen-bond donors (Lipinski definition) is 1. The van der Waals surface area contributed by atoms with Gasteiger partial charge in [0.15, 0.2) is 9.84 Å². The maximum atomic E-state index is 11.3. The van der Waals surface area contributed by atoms with Crippen molar-refractivity contribution in [1.82, 2.24) is 0 Å². The van der Waals surface area contributed by atoms with E-state index in [1.54, 1.807) is 0 Å². The van der Waals surface area contributed by atoms with Crippen LogP contribution in [0.1, 0.15) is 16.9 Å². The second-order valence-corrected chi connectivity index (χ2v) is 7.07. The fourth-order valence-corrected chi connectivity index (χ4v) is 4.53.